The van der Waals surface area contributed by atoms with E-state index >= 15 is 0 Å². The van der Waals surface area contributed by atoms with E-state index < -0.39 is 5.60 Å². The number of aryl methyl sites for hydroxylation is 1. The van der Waals surface area contributed by atoms with Crippen molar-refractivity contribution in [3.63, 3.8) is 0 Å². The summed E-state index contributed by atoms with van der Waals surface area (Å²) in [4.78, 5) is 18.7. The molecule has 0 saturated carbocycles. The van der Waals surface area contributed by atoms with Crippen molar-refractivity contribution in [2.24, 2.45) is 5.41 Å². The summed E-state index contributed by atoms with van der Waals surface area (Å²) in [7, 11) is 0. The van der Waals surface area contributed by atoms with E-state index in [-0.39, 0.29) is 17.9 Å². The molecule has 140 valence electrons. The van der Waals surface area contributed by atoms with Crippen molar-refractivity contribution in [2.75, 3.05) is 38.0 Å². The van der Waals surface area contributed by atoms with Gasteiger partial charge in [-0.3, -0.25) is 4.79 Å². The van der Waals surface area contributed by atoms with Gasteiger partial charge in [0.05, 0.1) is 0 Å². The Morgan fingerprint density at radius 2 is 2.12 bits per heavy atom. The van der Waals surface area contributed by atoms with Crippen LogP contribution in [0.4, 0.5) is 5.82 Å². The number of piperidine rings is 1. The first-order valence-electron chi connectivity index (χ1n) is 9.09. The third-order valence-corrected chi connectivity index (χ3v) is 4.31. The summed E-state index contributed by atoms with van der Waals surface area (Å²) < 4.78 is 0. The average Bonchev–Trinajstić information content (AvgIpc) is 2.51. The smallest absolute Gasteiger partial charge is 0.255 e. The molecule has 25 heavy (non-hydrogen) atoms. The number of aromatic nitrogens is 1. The highest BCUT2D eigenvalue weighted by atomic mass is 16.3. The summed E-state index contributed by atoms with van der Waals surface area (Å²) >= 11 is 0. The van der Waals surface area contributed by atoms with Gasteiger partial charge in [0.15, 0.2) is 5.60 Å². The van der Waals surface area contributed by atoms with Crippen molar-refractivity contribution < 1.29 is 9.90 Å². The molecule has 0 unspecified atom stereocenters. The average molecular weight is 348 g/mol. The van der Waals surface area contributed by atoms with Crippen molar-refractivity contribution in [2.45, 2.75) is 46.1 Å². The van der Waals surface area contributed by atoms with Crippen LogP contribution in [0.5, 0.6) is 0 Å². The van der Waals surface area contributed by atoms with Crippen molar-refractivity contribution in [3.8, 4) is 0 Å². The second-order valence-electron chi connectivity index (χ2n) is 8.24. The molecule has 1 aliphatic heterocycles. The molecule has 0 aliphatic carbocycles. The molecule has 0 bridgehead atoms. The molecule has 0 aromatic carbocycles. The fourth-order valence-corrected chi connectivity index (χ4v) is 3.16. The van der Waals surface area contributed by atoms with E-state index in [1.54, 1.807) is 11.1 Å². The third kappa shape index (κ3) is 5.97. The lowest BCUT2D eigenvalue weighted by atomic mass is 9.88. The van der Waals surface area contributed by atoms with Crippen LogP contribution in [0.15, 0.2) is 18.3 Å². The summed E-state index contributed by atoms with van der Waals surface area (Å²) in [6, 6.07) is 3.94. The maximum atomic E-state index is 12.7. The van der Waals surface area contributed by atoms with Crippen molar-refractivity contribution >= 4 is 11.7 Å². The van der Waals surface area contributed by atoms with Gasteiger partial charge in [-0.05, 0) is 42.9 Å². The van der Waals surface area contributed by atoms with Crippen LogP contribution in [0.25, 0.3) is 0 Å². The quantitative estimate of drug-likeness (QED) is 0.655. The van der Waals surface area contributed by atoms with Gasteiger partial charge in [0.1, 0.15) is 5.82 Å². The maximum absolute atomic E-state index is 12.7. The molecular formula is C19H32N4O2. The number of amides is 1. The number of anilines is 1. The van der Waals surface area contributed by atoms with E-state index in [0.717, 1.165) is 24.3 Å². The fraction of sp³-hybridized carbons (Fsp3) is 0.684. The number of hydrogen-bond acceptors (Lipinski definition) is 5. The minimum atomic E-state index is -1.29. The van der Waals surface area contributed by atoms with E-state index in [1.165, 1.54) is 0 Å². The third-order valence-electron chi connectivity index (χ3n) is 4.31. The van der Waals surface area contributed by atoms with Crippen LogP contribution in [0.1, 0.15) is 39.2 Å². The van der Waals surface area contributed by atoms with E-state index in [2.05, 4.69) is 36.4 Å². The molecule has 1 amide bonds. The van der Waals surface area contributed by atoms with Crippen molar-refractivity contribution in [1.29, 1.82) is 0 Å². The molecule has 1 saturated heterocycles. The normalized spacial score (nSPS) is 21.5. The Morgan fingerprint density at radius 1 is 1.36 bits per heavy atom. The molecular weight excluding hydrogens is 316 g/mol. The summed E-state index contributed by atoms with van der Waals surface area (Å²) in [6.07, 6.45) is 3.14. The minimum absolute atomic E-state index is 0.0338. The van der Waals surface area contributed by atoms with Gasteiger partial charge in [0.2, 0.25) is 0 Å². The van der Waals surface area contributed by atoms with Crippen LogP contribution < -0.4 is 10.6 Å². The summed E-state index contributed by atoms with van der Waals surface area (Å²) in [5.74, 6) is 0.695. The van der Waals surface area contributed by atoms with E-state index in [9.17, 15) is 9.90 Å². The Morgan fingerprint density at radius 3 is 2.80 bits per heavy atom. The molecule has 0 radical (unpaired) electrons. The summed E-state index contributed by atoms with van der Waals surface area (Å²) in [5, 5.41) is 17.2. The van der Waals surface area contributed by atoms with Gasteiger partial charge in [-0.1, -0.05) is 20.8 Å². The standard InChI is InChI=1S/C19H32N4O2/c1-15-6-8-21-16(12-15)22-10-9-20-13-19(25)7-5-11-23(17(19)24)14-18(2,3)4/h6,8,12,20,25H,5,7,9-11,13-14H2,1-4H3,(H,21,22)/t19-/m1/s1. The number of nitrogens with one attached hydrogen (secondary N) is 2. The first kappa shape index (κ1) is 19.7. The highest BCUT2D eigenvalue weighted by Crippen LogP contribution is 2.25. The van der Waals surface area contributed by atoms with Crippen LogP contribution in [-0.4, -0.2) is 59.2 Å². The number of aliphatic hydroxyl groups is 1. The predicted molar refractivity (Wildman–Crippen MR) is 101 cm³/mol. The zero-order valence-electron chi connectivity index (χ0n) is 15.9. The molecule has 2 heterocycles. The molecule has 1 fully saturated rings. The van der Waals surface area contributed by atoms with E-state index in [1.807, 2.05) is 19.1 Å². The number of rotatable bonds is 7. The maximum Gasteiger partial charge on any atom is 0.255 e. The van der Waals surface area contributed by atoms with Crippen LogP contribution in [0, 0.1) is 12.3 Å². The van der Waals surface area contributed by atoms with Crippen molar-refractivity contribution in [1.82, 2.24) is 15.2 Å². The Kier molecular flexibility index (Phi) is 6.41. The monoisotopic (exact) mass is 348 g/mol. The minimum Gasteiger partial charge on any atom is -0.379 e. The van der Waals surface area contributed by atoms with Gasteiger partial charge >= 0.3 is 0 Å². The van der Waals surface area contributed by atoms with Gasteiger partial charge in [-0.2, -0.15) is 0 Å². The molecule has 0 spiro atoms. The predicted octanol–water partition coefficient (Wildman–Crippen LogP) is 1.79. The van der Waals surface area contributed by atoms with Crippen LogP contribution in [0.3, 0.4) is 0 Å². The van der Waals surface area contributed by atoms with Gasteiger partial charge in [0, 0.05) is 38.9 Å². The highest BCUT2D eigenvalue weighted by molar-refractivity contribution is 5.86. The van der Waals surface area contributed by atoms with Crippen molar-refractivity contribution in [3.05, 3.63) is 23.9 Å². The molecule has 3 N–H and O–H groups in total. The van der Waals surface area contributed by atoms with Crippen LogP contribution in [-0.2, 0) is 4.79 Å². The number of carbonyl (C=O) groups excluding carboxylic acids is 1. The lowest BCUT2D eigenvalue weighted by Crippen LogP contribution is -2.59. The molecule has 6 heteroatoms. The van der Waals surface area contributed by atoms with Gasteiger partial charge < -0.3 is 20.6 Å². The van der Waals surface area contributed by atoms with Crippen LogP contribution >= 0.6 is 0 Å². The lowest BCUT2D eigenvalue weighted by molar-refractivity contribution is -0.158. The Balaban J connectivity index is 1.77. The number of hydrogen-bond donors (Lipinski definition) is 3. The number of carbonyl (C=O) groups is 1. The highest BCUT2D eigenvalue weighted by Gasteiger charge is 2.42. The first-order chi connectivity index (χ1) is 11.7. The zero-order chi connectivity index (χ0) is 18.5. The zero-order valence-corrected chi connectivity index (χ0v) is 15.9. The molecule has 1 aliphatic rings. The van der Waals surface area contributed by atoms with E-state index in [0.29, 0.717) is 26.1 Å². The Labute approximate surface area is 151 Å². The molecule has 6 nitrogen and oxygen atoms in total. The Bertz CT molecular complexity index is 585. The molecule has 1 atom stereocenters. The summed E-state index contributed by atoms with van der Waals surface area (Å²) in [6.45, 7) is 11.4. The van der Waals surface area contributed by atoms with Gasteiger partial charge in [-0.25, -0.2) is 4.98 Å². The first-order valence-corrected chi connectivity index (χ1v) is 9.09. The SMILES string of the molecule is Cc1ccnc(NCCNC[C@]2(O)CCCN(CC(C)(C)C)C2=O)c1. The fourth-order valence-electron chi connectivity index (χ4n) is 3.16. The second kappa shape index (κ2) is 8.15. The molecule has 2 rings (SSSR count). The van der Waals surface area contributed by atoms with Gasteiger partial charge in [-0.15, -0.1) is 0 Å². The van der Waals surface area contributed by atoms with E-state index in [4.69, 9.17) is 0 Å². The number of likely N-dealkylation sites (tertiary alicyclic amines) is 1. The molecule has 1 aromatic heterocycles. The number of pyridine rings is 1. The van der Waals surface area contributed by atoms with Crippen LogP contribution in [0.2, 0.25) is 0 Å². The summed E-state index contributed by atoms with van der Waals surface area (Å²) in [5.41, 5.74) is -0.0940. The number of nitrogens with zero attached hydrogens (tertiary/aromatic N) is 2. The Hall–Kier alpha value is -1.66. The largest absolute Gasteiger partial charge is 0.379 e. The second-order valence-corrected chi connectivity index (χ2v) is 8.24. The topological polar surface area (TPSA) is 77.5 Å². The molecule has 1 aromatic rings. The van der Waals surface area contributed by atoms with Gasteiger partial charge in [0.25, 0.3) is 5.91 Å². The lowest BCUT2D eigenvalue weighted by Gasteiger charge is -2.41.